The molecular formula is C10H15F3N4O. The number of ether oxygens (including phenoxy) is 1. The highest BCUT2D eigenvalue weighted by molar-refractivity contribution is 5.47. The number of hydrogen-bond donors (Lipinski definition) is 2. The summed E-state index contributed by atoms with van der Waals surface area (Å²) in [5.41, 5.74) is 2.76. The van der Waals surface area contributed by atoms with E-state index in [2.05, 4.69) is 15.4 Å². The first kappa shape index (κ1) is 14.5. The van der Waals surface area contributed by atoms with E-state index in [1.54, 1.807) is 0 Å². The lowest BCUT2D eigenvalue weighted by molar-refractivity contribution is -0.190. The first-order chi connectivity index (χ1) is 8.40. The van der Waals surface area contributed by atoms with E-state index in [0.717, 1.165) is 13.3 Å². The van der Waals surface area contributed by atoms with Crippen LogP contribution >= 0.6 is 0 Å². The van der Waals surface area contributed by atoms with Gasteiger partial charge in [0.1, 0.15) is 12.1 Å². The number of nitrogens with zero attached hydrogens (tertiary/aromatic N) is 2. The average molecular weight is 264 g/mol. The molecule has 0 aliphatic rings. The summed E-state index contributed by atoms with van der Waals surface area (Å²) in [5.74, 6) is 5.43. The predicted octanol–water partition coefficient (Wildman–Crippen LogP) is 2.04. The molecule has 0 aromatic carbocycles. The highest BCUT2D eigenvalue weighted by Gasteiger charge is 2.38. The van der Waals surface area contributed by atoms with Crippen LogP contribution < -0.4 is 16.0 Å². The van der Waals surface area contributed by atoms with Crippen molar-refractivity contribution in [1.29, 1.82) is 0 Å². The van der Waals surface area contributed by atoms with Crippen molar-refractivity contribution in [2.75, 3.05) is 5.43 Å². The van der Waals surface area contributed by atoms with Gasteiger partial charge in [0.25, 0.3) is 0 Å². The molecule has 0 bridgehead atoms. The van der Waals surface area contributed by atoms with Gasteiger partial charge in [-0.05, 0) is 13.3 Å². The van der Waals surface area contributed by atoms with Gasteiger partial charge in [0.05, 0.1) is 5.56 Å². The smallest absolute Gasteiger partial charge is 0.425 e. The van der Waals surface area contributed by atoms with E-state index < -0.39 is 12.3 Å². The van der Waals surface area contributed by atoms with Crippen LogP contribution in [0.15, 0.2) is 6.33 Å². The maximum absolute atomic E-state index is 12.4. The van der Waals surface area contributed by atoms with Crippen molar-refractivity contribution in [2.45, 2.75) is 39.0 Å². The van der Waals surface area contributed by atoms with Crippen LogP contribution in [0.25, 0.3) is 0 Å². The number of aromatic nitrogens is 2. The van der Waals surface area contributed by atoms with Gasteiger partial charge >= 0.3 is 6.18 Å². The second kappa shape index (κ2) is 5.85. The second-order valence-electron chi connectivity index (χ2n) is 3.70. The van der Waals surface area contributed by atoms with E-state index in [1.165, 1.54) is 0 Å². The summed E-state index contributed by atoms with van der Waals surface area (Å²) in [6.07, 6.45) is -4.09. The number of hydrogen-bond acceptors (Lipinski definition) is 5. The van der Waals surface area contributed by atoms with Crippen LogP contribution in [0.5, 0.6) is 5.88 Å². The number of nitrogens with one attached hydrogen (secondary N) is 1. The van der Waals surface area contributed by atoms with Gasteiger partial charge in [-0.2, -0.15) is 13.2 Å². The number of halogens is 3. The molecular weight excluding hydrogens is 249 g/mol. The Kier molecular flexibility index (Phi) is 4.71. The Bertz CT molecular complexity index is 397. The van der Waals surface area contributed by atoms with E-state index in [9.17, 15) is 13.2 Å². The Morgan fingerprint density at radius 3 is 2.61 bits per heavy atom. The van der Waals surface area contributed by atoms with Gasteiger partial charge in [0.2, 0.25) is 5.88 Å². The summed E-state index contributed by atoms with van der Waals surface area (Å²) in [6.45, 7) is 2.80. The van der Waals surface area contributed by atoms with Crippen molar-refractivity contribution in [1.82, 2.24) is 9.97 Å². The van der Waals surface area contributed by atoms with E-state index >= 15 is 0 Å². The minimum absolute atomic E-state index is 0.0929. The first-order valence-corrected chi connectivity index (χ1v) is 5.44. The Labute approximate surface area is 103 Å². The van der Waals surface area contributed by atoms with Gasteiger partial charge < -0.3 is 10.2 Å². The standard InChI is InChI=1S/C10H15F3N4O/c1-3-4-7-8(17-14)15-5-16-9(7)18-6(2)10(11,12)13/h5-6H,3-4,14H2,1-2H3,(H,15,16,17). The molecule has 0 aliphatic carbocycles. The van der Waals surface area contributed by atoms with Crippen LogP contribution in [0.3, 0.4) is 0 Å². The number of rotatable bonds is 5. The lowest BCUT2D eigenvalue weighted by Crippen LogP contribution is -2.32. The molecule has 0 saturated carbocycles. The normalized spacial score (nSPS) is 13.2. The molecule has 8 heteroatoms. The average Bonchev–Trinajstić information content (AvgIpc) is 2.30. The van der Waals surface area contributed by atoms with Crippen molar-refractivity contribution < 1.29 is 17.9 Å². The molecule has 0 amide bonds. The molecule has 0 aliphatic heterocycles. The van der Waals surface area contributed by atoms with Gasteiger partial charge in [0, 0.05) is 0 Å². The summed E-state index contributed by atoms with van der Waals surface area (Å²) in [4.78, 5) is 7.57. The molecule has 0 saturated heterocycles. The van der Waals surface area contributed by atoms with Crippen molar-refractivity contribution in [3.63, 3.8) is 0 Å². The van der Waals surface area contributed by atoms with Crippen molar-refractivity contribution in [2.24, 2.45) is 5.84 Å². The quantitative estimate of drug-likeness (QED) is 0.629. The highest BCUT2D eigenvalue weighted by Crippen LogP contribution is 2.28. The summed E-state index contributed by atoms with van der Waals surface area (Å²) < 4.78 is 42.1. The first-order valence-electron chi connectivity index (χ1n) is 5.44. The second-order valence-corrected chi connectivity index (χ2v) is 3.70. The van der Waals surface area contributed by atoms with Crippen LogP contribution in [-0.4, -0.2) is 22.2 Å². The maximum Gasteiger partial charge on any atom is 0.425 e. The molecule has 18 heavy (non-hydrogen) atoms. The molecule has 1 aromatic rings. The Balaban J connectivity index is 3.01. The maximum atomic E-state index is 12.4. The SMILES string of the molecule is CCCc1c(NN)ncnc1OC(C)C(F)(F)F. The Hall–Kier alpha value is -1.57. The molecule has 1 heterocycles. The predicted molar refractivity (Wildman–Crippen MR) is 60.0 cm³/mol. The van der Waals surface area contributed by atoms with Gasteiger partial charge in [-0.3, -0.25) is 0 Å². The van der Waals surface area contributed by atoms with Crippen molar-refractivity contribution in [3.05, 3.63) is 11.9 Å². The zero-order valence-electron chi connectivity index (χ0n) is 10.1. The van der Waals surface area contributed by atoms with Crippen LogP contribution in [0.4, 0.5) is 19.0 Å². The topological polar surface area (TPSA) is 73.1 Å². The van der Waals surface area contributed by atoms with Gasteiger partial charge in [0.15, 0.2) is 6.10 Å². The van der Waals surface area contributed by atoms with Crippen LogP contribution in [-0.2, 0) is 6.42 Å². The molecule has 1 rings (SSSR count). The molecule has 1 atom stereocenters. The van der Waals surface area contributed by atoms with Crippen LogP contribution in [0, 0.1) is 0 Å². The lowest BCUT2D eigenvalue weighted by Gasteiger charge is -2.19. The number of nitrogens with two attached hydrogens (primary N) is 1. The molecule has 1 aromatic heterocycles. The fourth-order valence-corrected chi connectivity index (χ4v) is 1.33. The molecule has 3 N–H and O–H groups in total. The summed E-state index contributed by atoms with van der Waals surface area (Å²) in [5, 5.41) is 0. The Morgan fingerprint density at radius 1 is 1.44 bits per heavy atom. The summed E-state index contributed by atoms with van der Waals surface area (Å²) in [7, 11) is 0. The van der Waals surface area contributed by atoms with E-state index in [0.29, 0.717) is 18.4 Å². The number of alkyl halides is 3. The molecule has 0 radical (unpaired) electrons. The van der Waals surface area contributed by atoms with Crippen LogP contribution in [0.1, 0.15) is 25.8 Å². The van der Waals surface area contributed by atoms with Crippen molar-refractivity contribution in [3.8, 4) is 5.88 Å². The molecule has 1 unspecified atom stereocenters. The Morgan fingerprint density at radius 2 is 2.11 bits per heavy atom. The van der Waals surface area contributed by atoms with Gasteiger partial charge in [-0.15, -0.1) is 0 Å². The third-order valence-electron chi connectivity index (χ3n) is 2.29. The molecule has 5 nitrogen and oxygen atoms in total. The lowest BCUT2D eigenvalue weighted by atomic mass is 10.2. The minimum atomic E-state index is -4.44. The summed E-state index contributed by atoms with van der Waals surface area (Å²) in [6, 6.07) is 0. The molecule has 0 fully saturated rings. The van der Waals surface area contributed by atoms with Crippen LogP contribution in [0.2, 0.25) is 0 Å². The number of nitrogen functional groups attached to an aromatic ring is 1. The molecule has 102 valence electrons. The van der Waals surface area contributed by atoms with E-state index in [-0.39, 0.29) is 11.7 Å². The number of hydrazine groups is 1. The highest BCUT2D eigenvalue weighted by atomic mass is 19.4. The third-order valence-corrected chi connectivity index (χ3v) is 2.29. The summed E-state index contributed by atoms with van der Waals surface area (Å²) >= 11 is 0. The van der Waals surface area contributed by atoms with Gasteiger partial charge in [-0.25, -0.2) is 15.8 Å². The fourth-order valence-electron chi connectivity index (χ4n) is 1.33. The van der Waals surface area contributed by atoms with E-state index in [1.807, 2.05) is 6.92 Å². The fraction of sp³-hybridized carbons (Fsp3) is 0.600. The largest absolute Gasteiger partial charge is 0.465 e. The zero-order valence-corrected chi connectivity index (χ0v) is 10.1. The zero-order chi connectivity index (χ0) is 13.8. The van der Waals surface area contributed by atoms with E-state index in [4.69, 9.17) is 10.6 Å². The third kappa shape index (κ3) is 3.46. The number of anilines is 1. The molecule has 0 spiro atoms. The van der Waals surface area contributed by atoms with Gasteiger partial charge in [-0.1, -0.05) is 13.3 Å². The van der Waals surface area contributed by atoms with Crippen molar-refractivity contribution >= 4 is 5.82 Å². The monoisotopic (exact) mass is 264 g/mol. The minimum Gasteiger partial charge on any atom is -0.465 e.